The number of carbonyl (C=O) groups excluding carboxylic acids is 1. The second kappa shape index (κ2) is 10.8. The maximum Gasteiger partial charge on any atom is 0.319 e. The normalized spacial score (nSPS) is 22.2. The molecule has 2 aromatic heterocycles. The summed E-state index contributed by atoms with van der Waals surface area (Å²) in [5, 5.41) is 12.8. The Balaban J connectivity index is 1.39. The number of nitrogens with one attached hydrogen (secondary N) is 1. The van der Waals surface area contributed by atoms with Crippen molar-refractivity contribution in [1.82, 2.24) is 25.3 Å². The highest BCUT2D eigenvalue weighted by molar-refractivity contribution is 6.03. The molecule has 12 heteroatoms. The van der Waals surface area contributed by atoms with Crippen molar-refractivity contribution < 1.29 is 27.8 Å². The third-order valence-corrected chi connectivity index (χ3v) is 8.88. The van der Waals surface area contributed by atoms with Crippen LogP contribution in [0, 0.1) is 24.0 Å². The molecule has 0 spiro atoms. The van der Waals surface area contributed by atoms with Gasteiger partial charge in [0.15, 0.2) is 11.6 Å². The number of pyridine rings is 1. The highest BCUT2D eigenvalue weighted by Gasteiger charge is 2.49. The number of alkyl halides is 1. The molecule has 3 fully saturated rings. The van der Waals surface area contributed by atoms with E-state index in [0.29, 0.717) is 44.2 Å². The van der Waals surface area contributed by atoms with Crippen LogP contribution in [0.25, 0.3) is 32.9 Å². The lowest BCUT2D eigenvalue weighted by atomic mass is 9.95. The first kappa shape index (κ1) is 28.2. The molecule has 2 N–H and O–H groups in total. The molecular formula is C32H29F3N6O3. The maximum atomic E-state index is 16.6. The number of ether oxygens (including phenoxy) is 1. The number of aromatic hydroxyl groups is 1. The zero-order valence-electron chi connectivity index (χ0n) is 23.7. The van der Waals surface area contributed by atoms with E-state index in [-0.39, 0.29) is 63.2 Å². The van der Waals surface area contributed by atoms with Crippen LogP contribution >= 0.6 is 0 Å². The Hall–Kier alpha value is -4.63. The van der Waals surface area contributed by atoms with Gasteiger partial charge in [-0.3, -0.25) is 25.1 Å². The number of halogens is 3. The van der Waals surface area contributed by atoms with Gasteiger partial charge in [-0.25, -0.2) is 13.2 Å². The number of fused-ring (bicyclic) bond motifs is 3. The number of terminal acetylenes is 1. The van der Waals surface area contributed by atoms with E-state index in [1.54, 1.807) is 0 Å². The predicted octanol–water partition coefficient (Wildman–Crippen LogP) is 4.79. The molecular weight excluding hydrogens is 573 g/mol. The van der Waals surface area contributed by atoms with Gasteiger partial charge in [-0.05, 0) is 55.8 Å². The zero-order chi connectivity index (χ0) is 30.6. The van der Waals surface area contributed by atoms with Gasteiger partial charge in [-0.2, -0.15) is 9.97 Å². The Labute approximate surface area is 251 Å². The van der Waals surface area contributed by atoms with E-state index >= 15 is 4.39 Å². The molecule has 0 bridgehead atoms. The van der Waals surface area contributed by atoms with Crippen molar-refractivity contribution in [3.63, 3.8) is 0 Å². The minimum absolute atomic E-state index is 0.0815. The number of nitrogens with zero attached hydrogens (tertiary/aromatic N) is 5. The van der Waals surface area contributed by atoms with Crippen LogP contribution in [0.2, 0.25) is 0 Å². The van der Waals surface area contributed by atoms with Crippen LogP contribution in [0.3, 0.4) is 0 Å². The van der Waals surface area contributed by atoms with E-state index in [2.05, 4.69) is 31.2 Å². The second-order valence-corrected chi connectivity index (χ2v) is 11.7. The third-order valence-electron chi connectivity index (χ3n) is 8.88. The number of hydrogen-bond acceptors (Lipinski definition) is 8. The first-order valence-electron chi connectivity index (χ1n) is 14.6. The van der Waals surface area contributed by atoms with Gasteiger partial charge in [0, 0.05) is 43.1 Å². The molecule has 0 unspecified atom stereocenters. The number of benzene rings is 2. The number of aromatic nitrogens is 3. The van der Waals surface area contributed by atoms with Crippen LogP contribution in [0.15, 0.2) is 30.5 Å². The minimum Gasteiger partial charge on any atom is -0.508 e. The maximum absolute atomic E-state index is 16.6. The number of rotatable bonds is 5. The van der Waals surface area contributed by atoms with Crippen LogP contribution in [-0.4, -0.2) is 68.8 Å². The number of phenols is 1. The average Bonchev–Trinajstić information content (AvgIpc) is 3.43. The van der Waals surface area contributed by atoms with Crippen LogP contribution in [0.4, 0.5) is 19.0 Å². The van der Waals surface area contributed by atoms with Crippen molar-refractivity contribution in [1.29, 1.82) is 0 Å². The van der Waals surface area contributed by atoms with E-state index in [1.807, 2.05) is 0 Å². The Bertz CT molecular complexity index is 1860. The van der Waals surface area contributed by atoms with E-state index < -0.39 is 23.3 Å². The van der Waals surface area contributed by atoms with Crippen molar-refractivity contribution in [3.05, 3.63) is 47.7 Å². The number of carbonyl (C=O) groups is 1. The SMILES string of the molecule is C#Cc1c(F)ccc2cc(O)cc(-c3ncc4c(N5CCCCC(=O)N5)nc(OC[C@@]56CCCN5C[C@H](F)C6)nc4c3F)c12. The minimum atomic E-state index is -0.958. The van der Waals surface area contributed by atoms with Crippen LogP contribution in [-0.2, 0) is 4.79 Å². The molecule has 1 amide bonds. The summed E-state index contributed by atoms with van der Waals surface area (Å²) in [6.07, 6.45) is 9.75. The summed E-state index contributed by atoms with van der Waals surface area (Å²) in [4.78, 5) is 27.9. The van der Waals surface area contributed by atoms with Crippen molar-refractivity contribution in [2.45, 2.75) is 50.2 Å². The van der Waals surface area contributed by atoms with Gasteiger partial charge in [-0.15, -0.1) is 6.42 Å². The Morgan fingerprint density at radius 3 is 2.89 bits per heavy atom. The summed E-state index contributed by atoms with van der Waals surface area (Å²) in [5.74, 6) is 0.583. The van der Waals surface area contributed by atoms with E-state index in [0.717, 1.165) is 19.4 Å². The Morgan fingerprint density at radius 2 is 2.05 bits per heavy atom. The van der Waals surface area contributed by atoms with Crippen LogP contribution < -0.4 is 15.2 Å². The van der Waals surface area contributed by atoms with Gasteiger partial charge in [0.25, 0.3) is 0 Å². The average molecular weight is 603 g/mol. The standard InChI is InChI=1S/C32H29F3N6O3/c1-2-21-24(34)8-7-18-12-20(42)13-22(26(18)21)28-27(35)29-23(15-36-28)30(41-11-4-3-6-25(43)39-41)38-31(37-29)44-17-32-9-5-10-40(32)16-19(33)14-32/h1,7-8,12-13,15,19,42H,3-6,9-11,14,16-17H2,(H,39,43)/t19-,32+/m1/s1. The largest absolute Gasteiger partial charge is 0.508 e. The molecule has 0 radical (unpaired) electrons. The molecule has 5 heterocycles. The van der Waals surface area contributed by atoms with Crippen molar-refractivity contribution in [3.8, 4) is 35.4 Å². The van der Waals surface area contributed by atoms with Crippen LogP contribution in [0.1, 0.15) is 44.1 Å². The zero-order valence-corrected chi connectivity index (χ0v) is 23.7. The number of anilines is 1. The molecule has 2 atom stereocenters. The topological polar surface area (TPSA) is 104 Å². The van der Waals surface area contributed by atoms with Crippen LogP contribution in [0.5, 0.6) is 11.8 Å². The van der Waals surface area contributed by atoms with Crippen molar-refractivity contribution in [2.75, 3.05) is 31.3 Å². The predicted molar refractivity (Wildman–Crippen MR) is 158 cm³/mol. The van der Waals surface area contributed by atoms with Crippen molar-refractivity contribution in [2.24, 2.45) is 0 Å². The smallest absolute Gasteiger partial charge is 0.319 e. The fraction of sp³-hybridized carbons (Fsp3) is 0.375. The number of phenolic OH excluding ortho intramolecular Hbond substituents is 1. The molecule has 4 aromatic rings. The lowest BCUT2D eigenvalue weighted by Crippen LogP contribution is -2.44. The lowest BCUT2D eigenvalue weighted by molar-refractivity contribution is -0.121. The molecule has 7 rings (SSSR count). The fourth-order valence-corrected chi connectivity index (χ4v) is 6.86. The first-order chi connectivity index (χ1) is 21.3. The fourth-order valence-electron chi connectivity index (χ4n) is 6.86. The summed E-state index contributed by atoms with van der Waals surface area (Å²) < 4.78 is 51.9. The molecule has 0 aliphatic carbocycles. The van der Waals surface area contributed by atoms with Crippen molar-refractivity contribution >= 4 is 33.4 Å². The summed E-state index contributed by atoms with van der Waals surface area (Å²) in [5.41, 5.74) is 1.94. The number of amides is 1. The highest BCUT2D eigenvalue weighted by Crippen LogP contribution is 2.41. The summed E-state index contributed by atoms with van der Waals surface area (Å²) in [6, 6.07) is 5.17. The van der Waals surface area contributed by atoms with Gasteiger partial charge in [0.1, 0.15) is 35.6 Å². The molecule has 0 saturated carbocycles. The molecule has 226 valence electrons. The summed E-state index contributed by atoms with van der Waals surface area (Å²) in [7, 11) is 0. The molecule has 2 aromatic carbocycles. The Morgan fingerprint density at radius 1 is 1.18 bits per heavy atom. The molecule has 3 saturated heterocycles. The van der Waals surface area contributed by atoms with Gasteiger partial charge in [-0.1, -0.05) is 12.0 Å². The third kappa shape index (κ3) is 4.72. The van der Waals surface area contributed by atoms with Gasteiger partial charge >= 0.3 is 6.01 Å². The van der Waals surface area contributed by atoms with E-state index in [9.17, 15) is 18.7 Å². The molecule has 3 aliphatic rings. The van der Waals surface area contributed by atoms with Gasteiger partial charge in [0.2, 0.25) is 5.91 Å². The second-order valence-electron chi connectivity index (χ2n) is 11.7. The monoisotopic (exact) mass is 602 g/mol. The molecule has 44 heavy (non-hydrogen) atoms. The summed E-state index contributed by atoms with van der Waals surface area (Å²) >= 11 is 0. The first-order valence-corrected chi connectivity index (χ1v) is 14.6. The lowest BCUT2D eigenvalue weighted by Gasteiger charge is -2.31. The van der Waals surface area contributed by atoms with Gasteiger partial charge in [0.05, 0.1) is 16.5 Å². The number of hydrazine groups is 1. The summed E-state index contributed by atoms with van der Waals surface area (Å²) in [6.45, 7) is 1.64. The van der Waals surface area contributed by atoms with E-state index in [4.69, 9.17) is 11.2 Å². The van der Waals surface area contributed by atoms with Gasteiger partial charge < -0.3 is 9.84 Å². The quantitative estimate of drug-likeness (QED) is 0.315. The molecule has 3 aliphatic heterocycles. The number of hydrogen-bond donors (Lipinski definition) is 2. The highest BCUT2D eigenvalue weighted by atomic mass is 19.1. The van der Waals surface area contributed by atoms with E-state index in [1.165, 1.54) is 35.5 Å². The Kier molecular flexibility index (Phi) is 6.93. The molecule has 9 nitrogen and oxygen atoms in total.